The van der Waals surface area contributed by atoms with Crippen LogP contribution in [0, 0.1) is 24.5 Å². The van der Waals surface area contributed by atoms with E-state index in [1.165, 1.54) is 0 Å². The molecule has 0 unspecified atom stereocenters. The number of thiocyanates is 1. The number of thioether (sulfide) groups is 1. The Hall–Kier alpha value is -1.14. The first-order valence-corrected chi connectivity index (χ1v) is 5.17. The van der Waals surface area contributed by atoms with Crippen molar-refractivity contribution in [2.24, 2.45) is 4.99 Å². The van der Waals surface area contributed by atoms with Gasteiger partial charge >= 0.3 is 0 Å². The van der Waals surface area contributed by atoms with Crippen LogP contribution in [0.25, 0.3) is 0 Å². The molecule has 14 heavy (non-hydrogen) atoms. The second kappa shape index (κ2) is 4.92. The second-order valence-electron chi connectivity index (χ2n) is 2.75. The molecule has 0 amide bonds. The van der Waals surface area contributed by atoms with E-state index in [0.29, 0.717) is 0 Å². The first-order chi connectivity index (χ1) is 6.70. The van der Waals surface area contributed by atoms with Gasteiger partial charge < -0.3 is 0 Å². The topological polar surface area (TPSA) is 36.1 Å². The molecule has 70 valence electrons. The molecule has 0 N–H and O–H groups in total. The SMILES string of the molecule is Cc1ccc(SC#N)c(N=C=S)c1C. The normalized spacial score (nSPS) is 8.93. The fourth-order valence-electron chi connectivity index (χ4n) is 1.09. The number of isothiocyanates is 1. The number of aliphatic imine (C=N–C) groups is 1. The van der Waals surface area contributed by atoms with Crippen LogP contribution in [-0.2, 0) is 0 Å². The van der Waals surface area contributed by atoms with Gasteiger partial charge in [0.2, 0.25) is 0 Å². The van der Waals surface area contributed by atoms with Crippen molar-refractivity contribution in [3.05, 3.63) is 23.3 Å². The van der Waals surface area contributed by atoms with E-state index < -0.39 is 0 Å². The zero-order valence-corrected chi connectivity index (χ0v) is 9.50. The Morgan fingerprint density at radius 1 is 1.43 bits per heavy atom. The Morgan fingerprint density at radius 2 is 2.14 bits per heavy atom. The van der Waals surface area contributed by atoms with Crippen LogP contribution in [0.15, 0.2) is 22.0 Å². The number of hydrogen-bond donors (Lipinski definition) is 0. The van der Waals surface area contributed by atoms with Gasteiger partial charge in [-0.05, 0) is 55.0 Å². The fraction of sp³-hybridized carbons (Fsp3) is 0.200. The van der Waals surface area contributed by atoms with Gasteiger partial charge in [-0.25, -0.2) is 0 Å². The maximum atomic E-state index is 8.60. The molecule has 1 aromatic rings. The minimum Gasteiger partial charge on any atom is -0.193 e. The molecule has 0 heterocycles. The molecule has 0 atom stereocenters. The van der Waals surface area contributed by atoms with Crippen molar-refractivity contribution in [2.75, 3.05) is 0 Å². The summed E-state index contributed by atoms with van der Waals surface area (Å²) >= 11 is 5.66. The van der Waals surface area contributed by atoms with Crippen LogP contribution in [0.3, 0.4) is 0 Å². The molecule has 0 radical (unpaired) electrons. The van der Waals surface area contributed by atoms with Gasteiger partial charge in [-0.2, -0.15) is 10.3 Å². The average Bonchev–Trinajstić information content (AvgIpc) is 2.18. The lowest BCUT2D eigenvalue weighted by Gasteiger charge is -2.06. The molecule has 0 saturated heterocycles. The van der Waals surface area contributed by atoms with Crippen molar-refractivity contribution in [1.82, 2.24) is 0 Å². The molecular formula is C10H8N2S2. The van der Waals surface area contributed by atoms with Crippen molar-refractivity contribution in [1.29, 1.82) is 5.26 Å². The van der Waals surface area contributed by atoms with E-state index >= 15 is 0 Å². The Balaban J connectivity index is 3.38. The van der Waals surface area contributed by atoms with Crippen LogP contribution in [0.5, 0.6) is 0 Å². The molecule has 0 aliphatic carbocycles. The lowest BCUT2D eigenvalue weighted by atomic mass is 10.1. The smallest absolute Gasteiger partial charge is 0.138 e. The summed E-state index contributed by atoms with van der Waals surface area (Å²) in [5, 5.41) is 13.0. The Kier molecular flexibility index (Phi) is 3.84. The summed E-state index contributed by atoms with van der Waals surface area (Å²) in [4.78, 5) is 4.81. The highest BCUT2D eigenvalue weighted by molar-refractivity contribution is 8.03. The summed E-state index contributed by atoms with van der Waals surface area (Å²) in [6.07, 6.45) is 0. The predicted octanol–water partition coefficient (Wildman–Crippen LogP) is 3.61. The van der Waals surface area contributed by atoms with Gasteiger partial charge in [-0.1, -0.05) is 6.07 Å². The molecule has 0 aliphatic heterocycles. The highest BCUT2D eigenvalue weighted by Crippen LogP contribution is 2.33. The van der Waals surface area contributed by atoms with Crippen molar-refractivity contribution in [3.8, 4) is 5.40 Å². The standard InChI is InChI=1S/C10H8N2S2/c1-7-3-4-9(14-5-11)10(8(7)2)12-6-13/h3-4H,1-2H3. The average molecular weight is 220 g/mol. The van der Waals surface area contributed by atoms with Gasteiger partial charge in [-0.3, -0.25) is 0 Å². The zero-order valence-electron chi connectivity index (χ0n) is 7.87. The molecule has 4 heteroatoms. The van der Waals surface area contributed by atoms with E-state index in [2.05, 4.69) is 22.4 Å². The lowest BCUT2D eigenvalue weighted by Crippen LogP contribution is -1.83. The third-order valence-electron chi connectivity index (χ3n) is 1.98. The van der Waals surface area contributed by atoms with Crippen LogP contribution in [0.1, 0.15) is 11.1 Å². The number of rotatable bonds is 2. The van der Waals surface area contributed by atoms with Crippen molar-refractivity contribution in [3.63, 3.8) is 0 Å². The van der Waals surface area contributed by atoms with E-state index in [1.807, 2.05) is 31.4 Å². The van der Waals surface area contributed by atoms with Crippen LogP contribution >= 0.6 is 24.0 Å². The summed E-state index contributed by atoms with van der Waals surface area (Å²) in [7, 11) is 0. The minimum absolute atomic E-state index is 0.756. The summed E-state index contributed by atoms with van der Waals surface area (Å²) < 4.78 is 0. The Bertz CT molecular complexity index is 440. The summed E-state index contributed by atoms with van der Waals surface area (Å²) in [5.74, 6) is 0. The summed E-state index contributed by atoms with van der Waals surface area (Å²) in [6.45, 7) is 3.96. The lowest BCUT2D eigenvalue weighted by molar-refractivity contribution is 1.25. The molecule has 1 rings (SSSR count). The van der Waals surface area contributed by atoms with E-state index in [4.69, 9.17) is 5.26 Å². The van der Waals surface area contributed by atoms with Gasteiger partial charge in [0, 0.05) is 4.90 Å². The molecular weight excluding hydrogens is 212 g/mol. The molecule has 0 spiro atoms. The Morgan fingerprint density at radius 3 is 2.71 bits per heavy atom. The largest absolute Gasteiger partial charge is 0.193 e. The van der Waals surface area contributed by atoms with Crippen molar-refractivity contribution in [2.45, 2.75) is 18.7 Å². The van der Waals surface area contributed by atoms with E-state index in [1.54, 1.807) is 0 Å². The summed E-state index contributed by atoms with van der Waals surface area (Å²) in [6, 6.07) is 3.85. The molecule has 1 aromatic carbocycles. The molecule has 2 nitrogen and oxygen atoms in total. The maximum absolute atomic E-state index is 8.60. The first kappa shape index (κ1) is 10.9. The monoisotopic (exact) mass is 220 g/mol. The van der Waals surface area contributed by atoms with Gasteiger partial charge in [-0.15, -0.1) is 0 Å². The number of nitrogens with zero attached hydrogens (tertiary/aromatic N) is 2. The third-order valence-corrected chi connectivity index (χ3v) is 2.71. The van der Waals surface area contributed by atoms with Crippen LogP contribution in [0.2, 0.25) is 0 Å². The van der Waals surface area contributed by atoms with Gasteiger partial charge in [0.25, 0.3) is 0 Å². The molecule has 0 fully saturated rings. The number of nitriles is 1. The molecule has 0 bridgehead atoms. The number of aryl methyl sites for hydroxylation is 1. The van der Waals surface area contributed by atoms with Crippen LogP contribution in [-0.4, -0.2) is 5.16 Å². The second-order valence-corrected chi connectivity index (χ2v) is 3.76. The minimum atomic E-state index is 0.756. The highest BCUT2D eigenvalue weighted by Gasteiger charge is 2.07. The Labute approximate surface area is 92.7 Å². The van der Waals surface area contributed by atoms with Crippen molar-refractivity contribution < 1.29 is 0 Å². The number of thiocarbonyl (C=S) groups is 1. The predicted molar refractivity (Wildman–Crippen MR) is 62.1 cm³/mol. The van der Waals surface area contributed by atoms with E-state index in [9.17, 15) is 0 Å². The maximum Gasteiger partial charge on any atom is 0.138 e. The summed E-state index contributed by atoms with van der Waals surface area (Å²) in [5.41, 5.74) is 2.94. The van der Waals surface area contributed by atoms with Crippen LogP contribution in [0.4, 0.5) is 5.69 Å². The molecule has 0 aromatic heterocycles. The molecule has 0 saturated carbocycles. The van der Waals surface area contributed by atoms with Gasteiger partial charge in [0.1, 0.15) is 5.40 Å². The third kappa shape index (κ3) is 2.21. The first-order valence-electron chi connectivity index (χ1n) is 3.94. The number of hydrogen-bond acceptors (Lipinski definition) is 4. The van der Waals surface area contributed by atoms with Crippen molar-refractivity contribution >= 4 is 34.8 Å². The fourth-order valence-corrected chi connectivity index (χ4v) is 1.71. The van der Waals surface area contributed by atoms with E-state index in [0.717, 1.165) is 33.5 Å². The highest BCUT2D eigenvalue weighted by atomic mass is 32.2. The van der Waals surface area contributed by atoms with E-state index in [-0.39, 0.29) is 0 Å². The van der Waals surface area contributed by atoms with Crippen LogP contribution < -0.4 is 0 Å². The zero-order chi connectivity index (χ0) is 10.6. The number of benzene rings is 1. The quantitative estimate of drug-likeness (QED) is 0.330. The molecule has 0 aliphatic rings. The van der Waals surface area contributed by atoms with Gasteiger partial charge in [0.05, 0.1) is 10.8 Å². The van der Waals surface area contributed by atoms with Gasteiger partial charge in [0.15, 0.2) is 0 Å².